The van der Waals surface area contributed by atoms with Gasteiger partial charge in [0.05, 0.1) is 15.3 Å². The summed E-state index contributed by atoms with van der Waals surface area (Å²) in [5, 5.41) is 0. The molecule has 0 amide bonds. The molecule has 0 spiro atoms. The quantitative estimate of drug-likeness (QED) is 0.186. The number of hydrogen-bond donors (Lipinski definition) is 0. The summed E-state index contributed by atoms with van der Waals surface area (Å²) >= 11 is 3.14. The lowest BCUT2D eigenvalue weighted by Gasteiger charge is -2.16. The van der Waals surface area contributed by atoms with Gasteiger partial charge in [-0.15, -0.1) is 0 Å². The number of carbonyl (C=O) groups is 2. The highest BCUT2D eigenvalue weighted by atomic mass is 79.9. The van der Waals surface area contributed by atoms with Crippen LogP contribution in [0.4, 0.5) is 0 Å². The molecule has 1 rings (SSSR count). The summed E-state index contributed by atoms with van der Waals surface area (Å²) in [5.41, 5.74) is -3.27. The Kier molecular flexibility index (Phi) is 12.0. The van der Waals surface area contributed by atoms with E-state index in [4.69, 9.17) is 9.47 Å². The van der Waals surface area contributed by atoms with Crippen LogP contribution in [0.2, 0.25) is 0 Å². The number of carbonyl (C=O) groups excluding carboxylic acids is 2. The molecule has 1 heterocycles. The standard InChI is InChI=1S/C24H35BrN2O8P2/c1-9-11-17(36(32)14-34-20(29)23(3,4)5)26-13-16(25)19(28)27(22(26)31)18(12-10-2)37(33)15-35-21(30)24(6,7)8/h9-13,17-18H,14-15H2,1-8H3/q+2. The van der Waals surface area contributed by atoms with Gasteiger partial charge in [0, 0.05) is 6.20 Å². The Hall–Kier alpha value is -2.22. The Morgan fingerprint density at radius 1 is 0.892 bits per heavy atom. The number of ether oxygens (including phenoxy) is 2. The third-order valence-electron chi connectivity index (χ3n) is 4.84. The summed E-state index contributed by atoms with van der Waals surface area (Å²) in [6.07, 6.45) is 6.24. The zero-order valence-electron chi connectivity index (χ0n) is 22.4. The predicted molar refractivity (Wildman–Crippen MR) is 146 cm³/mol. The van der Waals surface area contributed by atoms with Crippen molar-refractivity contribution in [2.75, 3.05) is 12.7 Å². The minimum Gasteiger partial charge on any atom is -0.418 e. The van der Waals surface area contributed by atoms with E-state index in [1.165, 1.54) is 24.4 Å². The fourth-order valence-electron chi connectivity index (χ4n) is 2.79. The van der Waals surface area contributed by atoms with Crippen LogP contribution in [-0.4, -0.2) is 33.8 Å². The van der Waals surface area contributed by atoms with Crippen LogP contribution in [0.1, 0.15) is 67.0 Å². The number of allylic oxidation sites excluding steroid dienone is 4. The molecule has 0 aromatic carbocycles. The first kappa shape index (κ1) is 32.8. The number of hydrogen-bond acceptors (Lipinski definition) is 8. The van der Waals surface area contributed by atoms with Crippen molar-refractivity contribution < 1.29 is 28.2 Å². The third kappa shape index (κ3) is 8.94. The second-order valence-electron chi connectivity index (χ2n) is 10.2. The predicted octanol–water partition coefficient (Wildman–Crippen LogP) is 5.67. The molecule has 0 radical (unpaired) electrons. The highest BCUT2D eigenvalue weighted by Gasteiger charge is 2.39. The zero-order valence-corrected chi connectivity index (χ0v) is 25.8. The van der Waals surface area contributed by atoms with E-state index in [9.17, 15) is 28.3 Å². The number of aromatic nitrogens is 2. The molecule has 0 aliphatic heterocycles. The first-order chi connectivity index (χ1) is 17.0. The van der Waals surface area contributed by atoms with Crippen molar-refractivity contribution in [1.29, 1.82) is 0 Å². The lowest BCUT2D eigenvalue weighted by Crippen LogP contribution is -2.42. The second-order valence-corrected chi connectivity index (χ2v) is 14.3. The van der Waals surface area contributed by atoms with Gasteiger partial charge in [-0.25, -0.2) is 9.36 Å². The van der Waals surface area contributed by atoms with Crippen molar-refractivity contribution in [1.82, 2.24) is 9.13 Å². The Morgan fingerprint density at radius 2 is 1.30 bits per heavy atom. The van der Waals surface area contributed by atoms with Crippen LogP contribution < -0.4 is 11.2 Å². The summed E-state index contributed by atoms with van der Waals surface area (Å²) in [6.45, 7) is 13.2. The van der Waals surface area contributed by atoms with Gasteiger partial charge in [-0.05, 0) is 83.5 Å². The lowest BCUT2D eigenvalue weighted by molar-refractivity contribution is -0.151. The van der Waals surface area contributed by atoms with Crippen LogP contribution in [0.5, 0.6) is 0 Å². The van der Waals surface area contributed by atoms with E-state index in [-0.39, 0.29) is 4.47 Å². The Bertz CT molecular complexity index is 1220. The molecule has 0 aliphatic rings. The molecule has 13 heteroatoms. The molecule has 0 aliphatic carbocycles. The highest BCUT2D eigenvalue weighted by molar-refractivity contribution is 9.10. The largest absolute Gasteiger partial charge is 0.418 e. The molecule has 0 bridgehead atoms. The summed E-state index contributed by atoms with van der Waals surface area (Å²) in [5.74, 6) is -3.43. The molecule has 0 saturated heterocycles. The van der Waals surface area contributed by atoms with Crippen LogP contribution in [-0.2, 0) is 28.2 Å². The maximum absolute atomic E-state index is 13.5. The smallest absolute Gasteiger partial charge is 0.409 e. The molecule has 1 aromatic heterocycles. The normalized spacial score (nSPS) is 14.9. The van der Waals surface area contributed by atoms with Crippen LogP contribution in [0.15, 0.2) is 44.6 Å². The van der Waals surface area contributed by atoms with Crippen LogP contribution in [0, 0.1) is 10.8 Å². The van der Waals surface area contributed by atoms with Crippen molar-refractivity contribution >= 4 is 43.5 Å². The van der Waals surface area contributed by atoms with E-state index in [1.54, 1.807) is 61.5 Å². The van der Waals surface area contributed by atoms with Crippen molar-refractivity contribution in [2.45, 2.75) is 67.0 Å². The number of esters is 2. The van der Waals surface area contributed by atoms with E-state index >= 15 is 0 Å². The zero-order chi connectivity index (χ0) is 28.7. The molecule has 0 saturated carbocycles. The van der Waals surface area contributed by atoms with Gasteiger partial charge in [-0.3, -0.25) is 19.0 Å². The first-order valence-electron chi connectivity index (χ1n) is 11.5. The van der Waals surface area contributed by atoms with Gasteiger partial charge in [0.2, 0.25) is 0 Å². The maximum Gasteiger partial charge on any atom is 0.409 e. The molecular weight excluding hydrogens is 586 g/mol. The van der Waals surface area contributed by atoms with E-state index in [1.807, 2.05) is 0 Å². The van der Waals surface area contributed by atoms with Gasteiger partial charge >= 0.3 is 33.2 Å². The number of halogens is 1. The van der Waals surface area contributed by atoms with Crippen molar-refractivity contribution in [2.24, 2.45) is 10.8 Å². The fourth-order valence-corrected chi connectivity index (χ4v) is 5.63. The van der Waals surface area contributed by atoms with Crippen molar-refractivity contribution in [3.05, 3.63) is 55.8 Å². The van der Waals surface area contributed by atoms with E-state index < -0.39 is 73.9 Å². The Balaban J connectivity index is 3.53. The van der Waals surface area contributed by atoms with Crippen molar-refractivity contribution in [3.8, 4) is 0 Å². The van der Waals surface area contributed by atoms with Crippen molar-refractivity contribution in [3.63, 3.8) is 0 Å². The van der Waals surface area contributed by atoms with E-state index in [2.05, 4.69) is 15.9 Å². The molecular formula is C24H35BrN2O8P2+2. The minimum absolute atomic E-state index is 0.0405. The lowest BCUT2D eigenvalue weighted by atomic mass is 9.98. The van der Waals surface area contributed by atoms with E-state index in [0.29, 0.717) is 0 Å². The molecule has 1 aromatic rings. The SMILES string of the molecule is CC=CC(n1cc(Br)c(=O)n(C(C=CC)[P+](=O)COC(=O)C(C)(C)C)c1=O)[P+](=O)COC(=O)C(C)(C)C. The van der Waals surface area contributed by atoms with Gasteiger partial charge in [0.15, 0.2) is 0 Å². The molecule has 4 atom stereocenters. The first-order valence-corrected chi connectivity index (χ1v) is 15.3. The van der Waals surface area contributed by atoms with Crippen LogP contribution >= 0.6 is 31.5 Å². The van der Waals surface area contributed by atoms with E-state index in [0.717, 1.165) is 9.13 Å². The molecule has 37 heavy (non-hydrogen) atoms. The monoisotopic (exact) mass is 620 g/mol. The Morgan fingerprint density at radius 3 is 1.70 bits per heavy atom. The van der Waals surface area contributed by atoms with Gasteiger partial charge in [-0.1, -0.05) is 21.3 Å². The summed E-state index contributed by atoms with van der Waals surface area (Å²) in [6, 6.07) is 0. The fraction of sp³-hybridized carbons (Fsp3) is 0.583. The van der Waals surface area contributed by atoms with Crippen LogP contribution in [0.3, 0.4) is 0 Å². The summed E-state index contributed by atoms with van der Waals surface area (Å²) in [4.78, 5) is 50.8. The molecule has 10 nitrogen and oxygen atoms in total. The molecule has 204 valence electrons. The number of nitrogens with zero attached hydrogens (tertiary/aromatic N) is 2. The minimum atomic E-state index is -2.45. The van der Waals surface area contributed by atoms with Gasteiger partial charge in [0.25, 0.3) is 29.8 Å². The molecule has 4 unspecified atom stereocenters. The topological polar surface area (TPSA) is 131 Å². The average Bonchev–Trinajstić information content (AvgIpc) is 2.79. The van der Waals surface area contributed by atoms with Gasteiger partial charge in [0.1, 0.15) is 0 Å². The highest BCUT2D eigenvalue weighted by Crippen LogP contribution is 2.40. The molecule has 0 fully saturated rings. The second kappa shape index (κ2) is 13.5. The Labute approximate surface area is 226 Å². The van der Waals surface area contributed by atoms with Crippen LogP contribution in [0.25, 0.3) is 0 Å². The maximum atomic E-state index is 13.5. The molecule has 0 N–H and O–H groups in total. The van der Waals surface area contributed by atoms with Gasteiger partial charge < -0.3 is 9.47 Å². The number of rotatable bonds is 10. The third-order valence-corrected chi connectivity index (χ3v) is 8.16. The summed E-state index contributed by atoms with van der Waals surface area (Å²) in [7, 11) is -4.79. The average molecular weight is 621 g/mol. The van der Waals surface area contributed by atoms with Gasteiger partial charge in [-0.2, -0.15) is 0 Å². The summed E-state index contributed by atoms with van der Waals surface area (Å²) < 4.78 is 38.5.